The fraction of sp³-hybridized carbons (Fsp3) is 0.240. The highest BCUT2D eigenvalue weighted by Crippen LogP contribution is 2.27. The first kappa shape index (κ1) is 21.4. The first-order chi connectivity index (χ1) is 14.4. The fourth-order valence-corrected chi connectivity index (χ4v) is 3.23. The normalized spacial score (nSPS) is 10.6. The number of rotatable bonds is 7. The monoisotopic (exact) mass is 407 g/mol. The lowest BCUT2D eigenvalue weighted by Crippen LogP contribution is -2.23. The number of ether oxygens (including phenoxy) is 2. The van der Waals surface area contributed by atoms with Crippen molar-refractivity contribution in [3.05, 3.63) is 93.8 Å². The smallest absolute Gasteiger partial charge is 0.251 e. The molecule has 0 saturated carbocycles. The van der Waals surface area contributed by atoms with E-state index in [2.05, 4.69) is 18.3 Å². The predicted octanol–water partition coefficient (Wildman–Crippen LogP) is 5.27. The molecule has 0 atom stereocenters. The molecule has 3 rings (SSSR count). The molecule has 0 fully saturated rings. The van der Waals surface area contributed by atoms with E-state index >= 15 is 0 Å². The van der Waals surface area contributed by atoms with Crippen molar-refractivity contribution in [3.8, 4) is 11.5 Å². The molecule has 0 spiro atoms. The standard InChI is InChI=1S/C25H26FNO3/c1-16-11-17(2)18(3)24(12-16)30-15-21-13-20(7-10-23(21)29-4)25(28)27-14-19-5-8-22(26)9-6-19/h5-13H,14-15H2,1-4H3,(H,27,28). The quantitative estimate of drug-likeness (QED) is 0.581. The molecule has 0 unspecified atom stereocenters. The summed E-state index contributed by atoms with van der Waals surface area (Å²) in [5, 5.41) is 2.85. The highest BCUT2D eigenvalue weighted by atomic mass is 19.1. The molecule has 0 bridgehead atoms. The number of carbonyl (C=O) groups excluding carboxylic acids is 1. The Labute approximate surface area is 176 Å². The van der Waals surface area contributed by atoms with Crippen LogP contribution in [0.15, 0.2) is 54.6 Å². The lowest BCUT2D eigenvalue weighted by molar-refractivity contribution is 0.0950. The maximum Gasteiger partial charge on any atom is 0.251 e. The average molecular weight is 407 g/mol. The lowest BCUT2D eigenvalue weighted by Gasteiger charge is -2.15. The predicted molar refractivity (Wildman–Crippen MR) is 116 cm³/mol. The summed E-state index contributed by atoms with van der Waals surface area (Å²) in [7, 11) is 1.59. The van der Waals surface area contributed by atoms with E-state index in [1.54, 1.807) is 37.4 Å². The minimum atomic E-state index is -0.302. The van der Waals surface area contributed by atoms with Crippen molar-refractivity contribution in [1.29, 1.82) is 0 Å². The molecule has 0 aromatic heterocycles. The number of amides is 1. The van der Waals surface area contributed by atoms with Gasteiger partial charge in [-0.25, -0.2) is 4.39 Å². The molecule has 156 valence electrons. The second-order valence-corrected chi connectivity index (χ2v) is 7.33. The van der Waals surface area contributed by atoms with Gasteiger partial charge in [-0.3, -0.25) is 4.79 Å². The van der Waals surface area contributed by atoms with Crippen LogP contribution >= 0.6 is 0 Å². The second kappa shape index (κ2) is 9.44. The highest BCUT2D eigenvalue weighted by Gasteiger charge is 2.12. The van der Waals surface area contributed by atoms with Crippen molar-refractivity contribution in [2.24, 2.45) is 0 Å². The highest BCUT2D eigenvalue weighted by molar-refractivity contribution is 5.94. The van der Waals surface area contributed by atoms with E-state index in [-0.39, 0.29) is 18.3 Å². The Hall–Kier alpha value is -3.34. The average Bonchev–Trinajstić information content (AvgIpc) is 2.74. The summed E-state index contributed by atoms with van der Waals surface area (Å²) in [5.74, 6) is 0.961. The van der Waals surface area contributed by atoms with Crippen molar-refractivity contribution >= 4 is 5.91 Å². The molecule has 30 heavy (non-hydrogen) atoms. The van der Waals surface area contributed by atoms with Crippen molar-refractivity contribution in [2.75, 3.05) is 7.11 Å². The van der Waals surface area contributed by atoms with Gasteiger partial charge in [-0.1, -0.05) is 18.2 Å². The van der Waals surface area contributed by atoms with Gasteiger partial charge in [-0.2, -0.15) is 0 Å². The van der Waals surface area contributed by atoms with E-state index in [1.807, 2.05) is 19.9 Å². The van der Waals surface area contributed by atoms with E-state index in [4.69, 9.17) is 9.47 Å². The summed E-state index contributed by atoms with van der Waals surface area (Å²) in [6.45, 7) is 6.72. The molecule has 4 nitrogen and oxygen atoms in total. The van der Waals surface area contributed by atoms with Crippen LogP contribution in [-0.2, 0) is 13.2 Å². The largest absolute Gasteiger partial charge is 0.496 e. The second-order valence-electron chi connectivity index (χ2n) is 7.33. The zero-order chi connectivity index (χ0) is 21.7. The van der Waals surface area contributed by atoms with Crippen LogP contribution < -0.4 is 14.8 Å². The van der Waals surface area contributed by atoms with Gasteiger partial charge in [0.2, 0.25) is 0 Å². The van der Waals surface area contributed by atoms with Gasteiger partial charge in [0.15, 0.2) is 0 Å². The number of hydrogen-bond acceptors (Lipinski definition) is 3. The summed E-state index contributed by atoms with van der Waals surface area (Å²) in [6.07, 6.45) is 0. The molecule has 0 aliphatic carbocycles. The molecule has 1 N–H and O–H groups in total. The number of aryl methyl sites for hydroxylation is 2. The number of carbonyl (C=O) groups is 1. The number of nitrogens with one attached hydrogen (secondary N) is 1. The minimum absolute atomic E-state index is 0.217. The Morgan fingerprint density at radius 1 is 0.967 bits per heavy atom. The van der Waals surface area contributed by atoms with E-state index in [1.165, 1.54) is 17.7 Å². The number of methoxy groups -OCH3 is 1. The molecule has 5 heteroatoms. The summed E-state index contributed by atoms with van der Waals surface area (Å²) in [5.41, 5.74) is 5.51. The van der Waals surface area contributed by atoms with Gasteiger partial charge in [0.05, 0.1) is 7.11 Å². The van der Waals surface area contributed by atoms with Crippen LogP contribution in [0.25, 0.3) is 0 Å². The van der Waals surface area contributed by atoms with Crippen LogP contribution in [0, 0.1) is 26.6 Å². The van der Waals surface area contributed by atoms with Crippen molar-refractivity contribution in [3.63, 3.8) is 0 Å². The summed E-state index contributed by atoms with van der Waals surface area (Å²) >= 11 is 0. The Kier molecular flexibility index (Phi) is 6.72. The van der Waals surface area contributed by atoms with E-state index in [9.17, 15) is 9.18 Å². The van der Waals surface area contributed by atoms with Gasteiger partial charge in [0.25, 0.3) is 5.91 Å². The van der Waals surface area contributed by atoms with E-state index in [0.717, 1.165) is 28.0 Å². The molecule has 3 aromatic carbocycles. The zero-order valence-electron chi connectivity index (χ0n) is 17.7. The molecule has 0 heterocycles. The summed E-state index contributed by atoms with van der Waals surface area (Å²) in [4.78, 5) is 12.6. The van der Waals surface area contributed by atoms with Gasteiger partial charge < -0.3 is 14.8 Å². The zero-order valence-corrected chi connectivity index (χ0v) is 17.7. The third kappa shape index (κ3) is 5.17. The van der Waals surface area contributed by atoms with Crippen LogP contribution in [0.2, 0.25) is 0 Å². The molecular formula is C25H26FNO3. The molecule has 0 aliphatic rings. The van der Waals surface area contributed by atoms with Crippen molar-refractivity contribution in [2.45, 2.75) is 33.9 Å². The molecular weight excluding hydrogens is 381 g/mol. The van der Waals surface area contributed by atoms with Gasteiger partial charge in [0, 0.05) is 17.7 Å². The summed E-state index contributed by atoms with van der Waals surface area (Å²) < 4.78 is 24.5. The lowest BCUT2D eigenvalue weighted by atomic mass is 10.1. The van der Waals surface area contributed by atoms with Gasteiger partial charge in [-0.05, 0) is 79.4 Å². The number of halogens is 1. The Morgan fingerprint density at radius 3 is 2.40 bits per heavy atom. The van der Waals surface area contributed by atoms with Crippen LogP contribution in [0.3, 0.4) is 0 Å². The maximum atomic E-state index is 13.0. The Balaban J connectivity index is 1.73. The molecule has 3 aromatic rings. The summed E-state index contributed by atoms with van der Waals surface area (Å²) in [6, 6.07) is 15.4. The van der Waals surface area contributed by atoms with E-state index < -0.39 is 0 Å². The number of hydrogen-bond donors (Lipinski definition) is 1. The Morgan fingerprint density at radius 2 is 1.70 bits per heavy atom. The third-order valence-corrected chi connectivity index (χ3v) is 5.06. The van der Waals surface area contributed by atoms with Gasteiger partial charge >= 0.3 is 0 Å². The molecule has 0 aliphatic heterocycles. The SMILES string of the molecule is COc1ccc(C(=O)NCc2ccc(F)cc2)cc1COc1cc(C)cc(C)c1C. The first-order valence-electron chi connectivity index (χ1n) is 9.77. The molecule has 1 amide bonds. The minimum Gasteiger partial charge on any atom is -0.496 e. The van der Waals surface area contributed by atoms with Crippen LogP contribution in [0.5, 0.6) is 11.5 Å². The molecule has 0 saturated heterocycles. The Bertz CT molecular complexity index is 1050. The van der Waals surface area contributed by atoms with Gasteiger partial charge in [-0.15, -0.1) is 0 Å². The topological polar surface area (TPSA) is 47.6 Å². The fourth-order valence-electron chi connectivity index (χ4n) is 3.23. The van der Waals surface area contributed by atoms with Crippen LogP contribution in [0.1, 0.15) is 38.2 Å². The first-order valence-corrected chi connectivity index (χ1v) is 9.77. The van der Waals surface area contributed by atoms with Gasteiger partial charge in [0.1, 0.15) is 23.9 Å². The molecule has 0 radical (unpaired) electrons. The van der Waals surface area contributed by atoms with Crippen molar-refractivity contribution < 1.29 is 18.7 Å². The van der Waals surface area contributed by atoms with Crippen LogP contribution in [-0.4, -0.2) is 13.0 Å². The van der Waals surface area contributed by atoms with E-state index in [0.29, 0.717) is 17.9 Å². The van der Waals surface area contributed by atoms with Crippen molar-refractivity contribution in [1.82, 2.24) is 5.32 Å². The maximum absolute atomic E-state index is 13.0. The third-order valence-electron chi connectivity index (χ3n) is 5.06. The number of benzene rings is 3. The van der Waals surface area contributed by atoms with Crippen LogP contribution in [0.4, 0.5) is 4.39 Å².